The Balaban J connectivity index is 1.79. The van der Waals surface area contributed by atoms with Gasteiger partial charge in [-0.15, -0.1) is 0 Å². The summed E-state index contributed by atoms with van der Waals surface area (Å²) in [5.41, 5.74) is 3.28. The van der Waals surface area contributed by atoms with Crippen molar-refractivity contribution in [2.75, 3.05) is 5.32 Å². The number of rotatable bonds is 5. The molecule has 5 nitrogen and oxygen atoms in total. The first-order valence-electron chi connectivity index (χ1n) is 7.27. The summed E-state index contributed by atoms with van der Waals surface area (Å²) in [4.78, 5) is 18.9. The Kier molecular flexibility index (Phi) is 4.86. The summed E-state index contributed by atoms with van der Waals surface area (Å²) < 4.78 is 0.344. The van der Waals surface area contributed by atoms with E-state index in [-0.39, 0.29) is 5.69 Å². The van der Waals surface area contributed by atoms with Crippen molar-refractivity contribution in [1.82, 2.24) is 9.97 Å². The third-order valence-corrected chi connectivity index (χ3v) is 4.24. The van der Waals surface area contributed by atoms with Crippen LogP contribution in [-0.2, 0) is 6.54 Å². The molecule has 0 saturated carbocycles. The standard InChI is InChI=1S/C18H14BrN3O2/c19-15-16(18(23)24)21-11-22-17(15)20-10-12-5-4-8-14(9-12)13-6-2-1-3-7-13/h1-9,11H,10H2,(H,23,24)(H,20,21,22). The van der Waals surface area contributed by atoms with Crippen LogP contribution in [0.3, 0.4) is 0 Å². The summed E-state index contributed by atoms with van der Waals surface area (Å²) in [5.74, 6) is -0.647. The maximum absolute atomic E-state index is 11.1. The molecule has 0 aliphatic heterocycles. The Morgan fingerprint density at radius 2 is 1.79 bits per heavy atom. The monoisotopic (exact) mass is 383 g/mol. The highest BCUT2D eigenvalue weighted by atomic mass is 79.9. The van der Waals surface area contributed by atoms with Crippen molar-refractivity contribution < 1.29 is 9.90 Å². The molecule has 0 saturated heterocycles. The van der Waals surface area contributed by atoms with Gasteiger partial charge in [0, 0.05) is 6.54 Å². The van der Waals surface area contributed by atoms with Crippen LogP contribution in [-0.4, -0.2) is 21.0 Å². The number of anilines is 1. The van der Waals surface area contributed by atoms with Gasteiger partial charge < -0.3 is 10.4 Å². The second-order valence-electron chi connectivity index (χ2n) is 5.11. The Bertz CT molecular complexity index is 869. The van der Waals surface area contributed by atoms with Gasteiger partial charge in [-0.3, -0.25) is 0 Å². The maximum Gasteiger partial charge on any atom is 0.355 e. The molecule has 0 bridgehead atoms. The van der Waals surface area contributed by atoms with E-state index in [1.165, 1.54) is 6.33 Å². The average molecular weight is 384 g/mol. The topological polar surface area (TPSA) is 75.1 Å². The number of aromatic carboxylic acids is 1. The molecule has 0 fully saturated rings. The smallest absolute Gasteiger partial charge is 0.355 e. The van der Waals surface area contributed by atoms with Gasteiger partial charge in [0.1, 0.15) is 12.1 Å². The van der Waals surface area contributed by atoms with Crippen LogP contribution < -0.4 is 5.32 Å². The van der Waals surface area contributed by atoms with E-state index in [0.29, 0.717) is 16.8 Å². The number of halogens is 1. The number of benzene rings is 2. The average Bonchev–Trinajstić information content (AvgIpc) is 2.61. The van der Waals surface area contributed by atoms with Crippen molar-refractivity contribution in [3.8, 4) is 11.1 Å². The van der Waals surface area contributed by atoms with Gasteiger partial charge in [-0.25, -0.2) is 14.8 Å². The highest BCUT2D eigenvalue weighted by Crippen LogP contribution is 2.24. The van der Waals surface area contributed by atoms with Crippen molar-refractivity contribution in [3.05, 3.63) is 76.7 Å². The SMILES string of the molecule is O=C(O)c1ncnc(NCc2cccc(-c3ccccc3)c2)c1Br. The van der Waals surface area contributed by atoms with Crippen LogP contribution in [0.15, 0.2) is 65.4 Å². The lowest BCUT2D eigenvalue weighted by Gasteiger charge is -2.10. The minimum absolute atomic E-state index is 0.0643. The van der Waals surface area contributed by atoms with Gasteiger partial charge in [0.25, 0.3) is 0 Å². The Hall–Kier alpha value is -2.73. The maximum atomic E-state index is 11.1. The molecule has 2 N–H and O–H groups in total. The van der Waals surface area contributed by atoms with Crippen molar-refractivity contribution in [1.29, 1.82) is 0 Å². The fourth-order valence-corrected chi connectivity index (χ4v) is 2.83. The molecule has 0 amide bonds. The molecule has 1 aromatic heterocycles. The number of carboxylic acids is 1. The Labute approximate surface area is 147 Å². The predicted molar refractivity (Wildman–Crippen MR) is 95.9 cm³/mol. The second-order valence-corrected chi connectivity index (χ2v) is 5.90. The molecule has 6 heteroatoms. The molecular formula is C18H14BrN3O2. The molecule has 0 atom stereocenters. The van der Waals surface area contributed by atoms with Crippen molar-refractivity contribution in [2.45, 2.75) is 6.54 Å². The van der Waals surface area contributed by atoms with Gasteiger partial charge >= 0.3 is 5.97 Å². The minimum atomic E-state index is -1.10. The Morgan fingerprint density at radius 3 is 2.54 bits per heavy atom. The van der Waals surface area contributed by atoms with E-state index in [1.54, 1.807) is 0 Å². The molecule has 0 aliphatic rings. The first kappa shape index (κ1) is 16.1. The molecule has 0 aliphatic carbocycles. The largest absolute Gasteiger partial charge is 0.476 e. The fourth-order valence-electron chi connectivity index (χ4n) is 2.32. The lowest BCUT2D eigenvalue weighted by molar-refractivity contribution is 0.0689. The van der Waals surface area contributed by atoms with E-state index in [0.717, 1.165) is 16.7 Å². The molecule has 0 unspecified atom stereocenters. The third kappa shape index (κ3) is 3.60. The van der Waals surface area contributed by atoms with Crippen LogP contribution >= 0.6 is 15.9 Å². The molecule has 2 aromatic carbocycles. The summed E-state index contributed by atoms with van der Waals surface area (Å²) in [6.45, 7) is 0.523. The lowest BCUT2D eigenvalue weighted by atomic mass is 10.0. The second kappa shape index (κ2) is 7.23. The van der Waals surface area contributed by atoms with Crippen LogP contribution in [0.25, 0.3) is 11.1 Å². The number of nitrogens with one attached hydrogen (secondary N) is 1. The molecule has 3 rings (SSSR count). The van der Waals surface area contributed by atoms with Gasteiger partial charge in [-0.2, -0.15) is 0 Å². The van der Waals surface area contributed by atoms with Gasteiger partial charge in [0.2, 0.25) is 0 Å². The van der Waals surface area contributed by atoms with Gasteiger partial charge in [-0.05, 0) is 38.7 Å². The van der Waals surface area contributed by atoms with Gasteiger partial charge in [-0.1, -0.05) is 48.5 Å². The number of carboxylic acid groups (broad SMARTS) is 1. The van der Waals surface area contributed by atoms with Gasteiger partial charge in [0.05, 0.1) is 4.47 Å². The zero-order valence-electron chi connectivity index (χ0n) is 12.6. The zero-order valence-corrected chi connectivity index (χ0v) is 14.2. The fraction of sp³-hybridized carbons (Fsp3) is 0.0556. The van der Waals surface area contributed by atoms with Crippen molar-refractivity contribution >= 4 is 27.7 Å². The van der Waals surface area contributed by atoms with E-state index in [1.807, 2.05) is 30.3 Å². The quantitative estimate of drug-likeness (QED) is 0.689. The highest BCUT2D eigenvalue weighted by Gasteiger charge is 2.14. The first-order chi connectivity index (χ1) is 11.6. The normalized spacial score (nSPS) is 10.4. The van der Waals surface area contributed by atoms with Crippen LogP contribution in [0.2, 0.25) is 0 Å². The van der Waals surface area contributed by atoms with E-state index in [9.17, 15) is 4.79 Å². The molecule has 24 heavy (non-hydrogen) atoms. The zero-order chi connectivity index (χ0) is 16.9. The van der Waals surface area contributed by atoms with Crippen molar-refractivity contribution in [3.63, 3.8) is 0 Å². The predicted octanol–water partition coefficient (Wildman–Crippen LogP) is 4.22. The molecule has 0 spiro atoms. The molecular weight excluding hydrogens is 370 g/mol. The summed E-state index contributed by atoms with van der Waals surface area (Å²) in [6, 6.07) is 18.3. The number of carbonyl (C=O) groups is 1. The summed E-state index contributed by atoms with van der Waals surface area (Å²) >= 11 is 3.24. The van der Waals surface area contributed by atoms with E-state index < -0.39 is 5.97 Å². The molecule has 0 radical (unpaired) electrons. The number of aromatic nitrogens is 2. The lowest BCUT2D eigenvalue weighted by Crippen LogP contribution is -2.08. The number of hydrogen-bond acceptors (Lipinski definition) is 4. The molecule has 3 aromatic rings. The Morgan fingerprint density at radius 1 is 1.04 bits per heavy atom. The number of hydrogen-bond donors (Lipinski definition) is 2. The summed E-state index contributed by atoms with van der Waals surface area (Å²) in [5, 5.41) is 12.2. The third-order valence-electron chi connectivity index (χ3n) is 3.49. The van der Waals surface area contributed by atoms with Crippen LogP contribution in [0.5, 0.6) is 0 Å². The summed E-state index contributed by atoms with van der Waals surface area (Å²) in [7, 11) is 0. The van der Waals surface area contributed by atoms with Crippen LogP contribution in [0.4, 0.5) is 5.82 Å². The molecule has 1 heterocycles. The van der Waals surface area contributed by atoms with Crippen LogP contribution in [0, 0.1) is 0 Å². The van der Waals surface area contributed by atoms with E-state index in [4.69, 9.17) is 5.11 Å². The van der Waals surface area contributed by atoms with E-state index >= 15 is 0 Å². The van der Waals surface area contributed by atoms with Gasteiger partial charge in [0.15, 0.2) is 5.69 Å². The van der Waals surface area contributed by atoms with Crippen LogP contribution in [0.1, 0.15) is 16.1 Å². The number of nitrogens with zero attached hydrogens (tertiary/aromatic N) is 2. The van der Waals surface area contributed by atoms with E-state index in [2.05, 4.69) is 55.5 Å². The van der Waals surface area contributed by atoms with Crippen molar-refractivity contribution in [2.24, 2.45) is 0 Å². The first-order valence-corrected chi connectivity index (χ1v) is 8.06. The minimum Gasteiger partial charge on any atom is -0.476 e. The molecule has 120 valence electrons. The summed E-state index contributed by atoms with van der Waals surface area (Å²) in [6.07, 6.45) is 1.23. The highest BCUT2D eigenvalue weighted by molar-refractivity contribution is 9.10.